The number of hydrogen-bond acceptors (Lipinski definition) is 3. The molecule has 1 N–H and O–H groups in total. The first-order chi connectivity index (χ1) is 13.9. The van der Waals surface area contributed by atoms with Gasteiger partial charge in [0.2, 0.25) is 0 Å². The van der Waals surface area contributed by atoms with Crippen molar-refractivity contribution in [3.05, 3.63) is 76.0 Å². The Kier molecular flexibility index (Phi) is 4.96. The van der Waals surface area contributed by atoms with E-state index < -0.39 is 5.82 Å². The summed E-state index contributed by atoms with van der Waals surface area (Å²) in [6, 6.07) is 7.91. The number of nitrogens with zero attached hydrogens (tertiary/aromatic N) is 3. The molecule has 0 unspecified atom stereocenters. The average molecular weight is 457 g/mol. The lowest BCUT2D eigenvalue weighted by molar-refractivity contribution is 0.0942. The van der Waals surface area contributed by atoms with Crippen LogP contribution < -0.4 is 10.2 Å². The molecule has 29 heavy (non-hydrogen) atoms. The van der Waals surface area contributed by atoms with Crippen LogP contribution in [0.5, 0.6) is 0 Å². The molecule has 3 heterocycles. The van der Waals surface area contributed by atoms with Crippen LogP contribution in [0, 0.1) is 12.7 Å². The summed E-state index contributed by atoms with van der Waals surface area (Å²) in [6.07, 6.45) is 4.95. The molecule has 1 aliphatic heterocycles. The fourth-order valence-electron chi connectivity index (χ4n) is 3.45. The van der Waals surface area contributed by atoms with E-state index in [1.165, 1.54) is 11.0 Å². The Morgan fingerprint density at radius 1 is 1.31 bits per heavy atom. The van der Waals surface area contributed by atoms with Crippen LogP contribution in [0.25, 0.3) is 0 Å². The van der Waals surface area contributed by atoms with E-state index in [1.54, 1.807) is 47.4 Å². The van der Waals surface area contributed by atoms with Gasteiger partial charge in [0.25, 0.3) is 11.8 Å². The Balaban J connectivity index is 1.70. The van der Waals surface area contributed by atoms with E-state index in [0.717, 1.165) is 5.56 Å². The zero-order valence-corrected chi connectivity index (χ0v) is 17.4. The molecule has 0 saturated carbocycles. The van der Waals surface area contributed by atoms with Crippen LogP contribution in [0.3, 0.4) is 0 Å². The summed E-state index contributed by atoms with van der Waals surface area (Å²) in [4.78, 5) is 31.7. The topological polar surface area (TPSA) is 67.2 Å². The van der Waals surface area contributed by atoms with Crippen LogP contribution in [0.15, 0.2) is 53.4 Å². The predicted octanol–water partition coefficient (Wildman–Crippen LogP) is 4.57. The van der Waals surface area contributed by atoms with Gasteiger partial charge >= 0.3 is 0 Å². The van der Waals surface area contributed by atoms with Gasteiger partial charge < -0.3 is 14.8 Å². The minimum absolute atomic E-state index is 0.0731. The van der Waals surface area contributed by atoms with Gasteiger partial charge in [-0.2, -0.15) is 0 Å². The third-order valence-corrected chi connectivity index (χ3v) is 5.67. The molecule has 6 nitrogen and oxygen atoms in total. The van der Waals surface area contributed by atoms with Gasteiger partial charge in [0.05, 0.1) is 21.9 Å². The van der Waals surface area contributed by atoms with Gasteiger partial charge in [0.15, 0.2) is 0 Å². The zero-order valence-electron chi connectivity index (χ0n) is 15.8. The normalized spacial score (nSPS) is 15.9. The highest BCUT2D eigenvalue weighted by Crippen LogP contribution is 2.31. The minimum Gasteiger partial charge on any atom is -0.338 e. The van der Waals surface area contributed by atoms with Crippen molar-refractivity contribution in [3.8, 4) is 0 Å². The molecule has 0 aliphatic carbocycles. The second-order valence-corrected chi connectivity index (χ2v) is 7.85. The third-order valence-electron chi connectivity index (χ3n) is 5.03. The van der Waals surface area contributed by atoms with Gasteiger partial charge in [-0.3, -0.25) is 14.6 Å². The lowest BCUT2D eigenvalue weighted by atomic mass is 10.1. The highest BCUT2D eigenvalue weighted by atomic mass is 79.9. The first-order valence-electron chi connectivity index (χ1n) is 9.06. The number of amides is 2. The van der Waals surface area contributed by atoms with Gasteiger partial charge in [-0.1, -0.05) is 0 Å². The standard InChI is InChI=1S/C21H18BrFN4O2/c1-12-5-7-24-10-18(12)25-20(28)15-6-8-26-13(2)11-27(21(29)19(15)26)14-3-4-16(22)17(23)9-14/h3-10,13H,11H2,1-2H3,(H,25,28)/t13-/m0/s1. The number of aryl methyl sites for hydroxylation is 1. The molecule has 3 aromatic rings. The fraction of sp³-hybridized carbons (Fsp3) is 0.190. The maximum atomic E-state index is 14.0. The summed E-state index contributed by atoms with van der Waals surface area (Å²) >= 11 is 3.13. The SMILES string of the molecule is Cc1ccncc1NC(=O)c1ccn2c1C(=O)N(c1ccc(Br)c(F)c1)C[C@@H]2C. The van der Waals surface area contributed by atoms with Crippen molar-refractivity contribution in [3.63, 3.8) is 0 Å². The molecule has 0 spiro atoms. The smallest absolute Gasteiger partial charge is 0.275 e. The van der Waals surface area contributed by atoms with Gasteiger partial charge in [0.1, 0.15) is 11.5 Å². The van der Waals surface area contributed by atoms with Crippen molar-refractivity contribution in [2.24, 2.45) is 0 Å². The van der Waals surface area contributed by atoms with E-state index in [4.69, 9.17) is 0 Å². The number of benzene rings is 1. The van der Waals surface area contributed by atoms with Crippen molar-refractivity contribution in [1.82, 2.24) is 9.55 Å². The van der Waals surface area contributed by atoms with Crippen LogP contribution in [0.4, 0.5) is 15.8 Å². The molecule has 0 saturated heterocycles. The number of pyridine rings is 1. The molecule has 0 bridgehead atoms. The highest BCUT2D eigenvalue weighted by molar-refractivity contribution is 9.10. The summed E-state index contributed by atoms with van der Waals surface area (Å²) in [5, 5.41) is 2.82. The van der Waals surface area contributed by atoms with E-state index in [9.17, 15) is 14.0 Å². The summed E-state index contributed by atoms with van der Waals surface area (Å²) in [7, 11) is 0. The second kappa shape index (κ2) is 7.44. The van der Waals surface area contributed by atoms with E-state index in [-0.39, 0.29) is 29.1 Å². The van der Waals surface area contributed by atoms with Crippen molar-refractivity contribution >= 4 is 39.1 Å². The number of carbonyl (C=O) groups is 2. The molecule has 2 amide bonds. The fourth-order valence-corrected chi connectivity index (χ4v) is 3.69. The van der Waals surface area contributed by atoms with Gasteiger partial charge in [0, 0.05) is 30.7 Å². The van der Waals surface area contributed by atoms with E-state index in [1.807, 2.05) is 13.8 Å². The van der Waals surface area contributed by atoms with E-state index >= 15 is 0 Å². The molecule has 1 atom stereocenters. The molecule has 2 aromatic heterocycles. The summed E-state index contributed by atoms with van der Waals surface area (Å²) < 4.78 is 16.1. The zero-order chi connectivity index (χ0) is 20.7. The molecule has 148 valence electrons. The average Bonchev–Trinajstić information content (AvgIpc) is 3.15. The number of carbonyl (C=O) groups excluding carboxylic acids is 2. The molecule has 1 aliphatic rings. The number of anilines is 2. The van der Waals surface area contributed by atoms with Crippen molar-refractivity contribution in [2.45, 2.75) is 19.9 Å². The van der Waals surface area contributed by atoms with Crippen molar-refractivity contribution in [1.29, 1.82) is 0 Å². The molecular weight excluding hydrogens is 439 g/mol. The molecular formula is C21H18BrFN4O2. The first kappa shape index (κ1) is 19.3. The molecule has 8 heteroatoms. The third kappa shape index (κ3) is 3.44. The number of halogens is 2. The predicted molar refractivity (Wildman–Crippen MR) is 112 cm³/mol. The van der Waals surface area contributed by atoms with Crippen LogP contribution >= 0.6 is 15.9 Å². The summed E-state index contributed by atoms with van der Waals surface area (Å²) in [5.74, 6) is -1.18. The lowest BCUT2D eigenvalue weighted by Gasteiger charge is -2.33. The summed E-state index contributed by atoms with van der Waals surface area (Å²) in [6.45, 7) is 4.19. The van der Waals surface area contributed by atoms with Crippen molar-refractivity contribution in [2.75, 3.05) is 16.8 Å². The van der Waals surface area contributed by atoms with Gasteiger partial charge in [-0.05, 0) is 65.7 Å². The second-order valence-electron chi connectivity index (χ2n) is 6.99. The van der Waals surface area contributed by atoms with Crippen LogP contribution in [-0.4, -0.2) is 27.9 Å². The van der Waals surface area contributed by atoms with Gasteiger partial charge in [-0.15, -0.1) is 0 Å². The molecule has 1 aromatic carbocycles. The Morgan fingerprint density at radius 2 is 2.10 bits per heavy atom. The summed E-state index contributed by atoms with van der Waals surface area (Å²) in [5.41, 5.74) is 2.46. The van der Waals surface area contributed by atoms with E-state index in [0.29, 0.717) is 22.4 Å². The minimum atomic E-state index is -0.450. The maximum absolute atomic E-state index is 14.0. The molecule has 0 fully saturated rings. The Bertz CT molecular complexity index is 1130. The lowest BCUT2D eigenvalue weighted by Crippen LogP contribution is -2.43. The van der Waals surface area contributed by atoms with Crippen LogP contribution in [0.2, 0.25) is 0 Å². The van der Waals surface area contributed by atoms with E-state index in [2.05, 4.69) is 26.2 Å². The molecule has 4 rings (SSSR count). The Labute approximate surface area is 175 Å². The quantitative estimate of drug-likeness (QED) is 0.627. The van der Waals surface area contributed by atoms with Crippen LogP contribution in [-0.2, 0) is 0 Å². The number of nitrogens with one attached hydrogen (secondary N) is 1. The van der Waals surface area contributed by atoms with Crippen molar-refractivity contribution < 1.29 is 14.0 Å². The largest absolute Gasteiger partial charge is 0.338 e. The van der Waals surface area contributed by atoms with Crippen LogP contribution in [0.1, 0.15) is 39.4 Å². The monoisotopic (exact) mass is 456 g/mol. The number of rotatable bonds is 3. The Morgan fingerprint density at radius 3 is 2.83 bits per heavy atom. The highest BCUT2D eigenvalue weighted by Gasteiger charge is 2.34. The Hall–Kier alpha value is -3.00. The number of hydrogen-bond donors (Lipinski definition) is 1. The maximum Gasteiger partial charge on any atom is 0.275 e. The first-order valence-corrected chi connectivity index (χ1v) is 9.86. The number of fused-ring (bicyclic) bond motifs is 1. The van der Waals surface area contributed by atoms with Gasteiger partial charge in [-0.25, -0.2) is 4.39 Å². The molecule has 0 radical (unpaired) electrons. The number of aromatic nitrogens is 2.